The van der Waals surface area contributed by atoms with Crippen LogP contribution in [0.5, 0.6) is 0 Å². The zero-order valence-electron chi connectivity index (χ0n) is 14.7. The SMILES string of the molecule is Cc1c(NC(=O)c2cc3cc(Cl)ccc3o2)c(=O)n(-c2ccccc2)n1C. The van der Waals surface area contributed by atoms with Gasteiger partial charge in [-0.15, -0.1) is 0 Å². The highest BCUT2D eigenvalue weighted by Crippen LogP contribution is 2.24. The molecule has 4 aromatic rings. The zero-order chi connectivity index (χ0) is 19.1. The topological polar surface area (TPSA) is 69.2 Å². The van der Waals surface area contributed by atoms with Crippen LogP contribution in [0.25, 0.3) is 16.7 Å². The Hall–Kier alpha value is -3.25. The van der Waals surface area contributed by atoms with Gasteiger partial charge in [0.15, 0.2) is 5.76 Å². The van der Waals surface area contributed by atoms with Crippen molar-refractivity contribution in [3.05, 3.63) is 81.4 Å². The predicted octanol–water partition coefficient (Wildman–Crippen LogP) is 4.14. The number of para-hydroxylation sites is 1. The van der Waals surface area contributed by atoms with Crippen LogP contribution in [0.15, 0.2) is 63.8 Å². The third-order valence-electron chi connectivity index (χ3n) is 4.49. The molecule has 0 spiro atoms. The number of amides is 1. The second-order valence-corrected chi connectivity index (χ2v) is 6.62. The smallest absolute Gasteiger partial charge is 0.295 e. The number of carbonyl (C=O) groups excluding carboxylic acids is 1. The van der Waals surface area contributed by atoms with E-state index >= 15 is 0 Å². The Morgan fingerprint density at radius 3 is 2.59 bits per heavy atom. The van der Waals surface area contributed by atoms with Crippen molar-refractivity contribution in [3.8, 4) is 5.69 Å². The van der Waals surface area contributed by atoms with E-state index in [0.29, 0.717) is 22.0 Å². The maximum Gasteiger partial charge on any atom is 0.295 e. The summed E-state index contributed by atoms with van der Waals surface area (Å²) in [5, 5.41) is 3.96. The number of nitrogens with one attached hydrogen (secondary N) is 1. The average molecular weight is 382 g/mol. The Bertz CT molecular complexity index is 1220. The second kappa shape index (κ2) is 6.48. The Morgan fingerprint density at radius 2 is 1.85 bits per heavy atom. The third-order valence-corrected chi connectivity index (χ3v) is 4.73. The summed E-state index contributed by atoms with van der Waals surface area (Å²) in [7, 11) is 1.77. The number of fused-ring (bicyclic) bond motifs is 1. The van der Waals surface area contributed by atoms with Crippen LogP contribution < -0.4 is 10.9 Å². The van der Waals surface area contributed by atoms with Gasteiger partial charge in [0.25, 0.3) is 11.5 Å². The lowest BCUT2D eigenvalue weighted by Gasteiger charge is -2.07. The molecule has 0 fully saturated rings. The van der Waals surface area contributed by atoms with Gasteiger partial charge in [-0.05, 0) is 43.3 Å². The molecule has 0 saturated carbocycles. The fourth-order valence-electron chi connectivity index (χ4n) is 3.01. The fraction of sp³-hybridized carbons (Fsp3) is 0.100. The van der Waals surface area contributed by atoms with Crippen LogP contribution in [-0.4, -0.2) is 15.3 Å². The van der Waals surface area contributed by atoms with Gasteiger partial charge >= 0.3 is 0 Å². The van der Waals surface area contributed by atoms with Crippen molar-refractivity contribution in [2.24, 2.45) is 7.05 Å². The second-order valence-electron chi connectivity index (χ2n) is 6.18. The van der Waals surface area contributed by atoms with Crippen LogP contribution in [0.2, 0.25) is 5.02 Å². The van der Waals surface area contributed by atoms with Crippen molar-refractivity contribution in [3.63, 3.8) is 0 Å². The molecule has 2 aromatic carbocycles. The molecule has 0 aliphatic carbocycles. The lowest BCUT2D eigenvalue weighted by molar-refractivity contribution is 0.0998. The van der Waals surface area contributed by atoms with Gasteiger partial charge < -0.3 is 9.73 Å². The maximum absolute atomic E-state index is 12.9. The molecule has 6 nitrogen and oxygen atoms in total. The van der Waals surface area contributed by atoms with Crippen LogP contribution in [0, 0.1) is 6.92 Å². The normalized spacial score (nSPS) is 11.1. The molecule has 0 saturated heterocycles. The van der Waals surface area contributed by atoms with Crippen LogP contribution in [0.4, 0.5) is 5.69 Å². The van der Waals surface area contributed by atoms with Crippen molar-refractivity contribution >= 4 is 34.2 Å². The summed E-state index contributed by atoms with van der Waals surface area (Å²) in [4.78, 5) is 25.5. The van der Waals surface area contributed by atoms with Crippen molar-refractivity contribution in [1.82, 2.24) is 9.36 Å². The molecule has 1 amide bonds. The van der Waals surface area contributed by atoms with E-state index in [2.05, 4.69) is 5.32 Å². The number of halogens is 1. The molecular formula is C20H16ClN3O3. The van der Waals surface area contributed by atoms with Crippen molar-refractivity contribution < 1.29 is 9.21 Å². The van der Waals surface area contributed by atoms with Crippen molar-refractivity contribution in [2.45, 2.75) is 6.92 Å². The summed E-state index contributed by atoms with van der Waals surface area (Å²) in [6.07, 6.45) is 0. The lowest BCUT2D eigenvalue weighted by atomic mass is 10.2. The number of benzene rings is 2. The fourth-order valence-corrected chi connectivity index (χ4v) is 3.19. The van der Waals surface area contributed by atoms with E-state index in [9.17, 15) is 9.59 Å². The summed E-state index contributed by atoms with van der Waals surface area (Å²) < 4.78 is 8.78. The van der Waals surface area contributed by atoms with Gasteiger partial charge in [0.05, 0.1) is 11.4 Å². The van der Waals surface area contributed by atoms with E-state index in [1.165, 1.54) is 4.68 Å². The summed E-state index contributed by atoms with van der Waals surface area (Å²) in [5.74, 6) is -0.380. The first-order valence-corrected chi connectivity index (χ1v) is 8.68. The minimum Gasteiger partial charge on any atom is -0.451 e. The Balaban J connectivity index is 1.72. The third kappa shape index (κ3) is 2.94. The van der Waals surface area contributed by atoms with E-state index in [-0.39, 0.29) is 17.0 Å². The van der Waals surface area contributed by atoms with Gasteiger partial charge in [-0.1, -0.05) is 29.8 Å². The number of rotatable bonds is 3. The summed E-state index contributed by atoms with van der Waals surface area (Å²) in [5.41, 5.74) is 1.80. The molecule has 1 N–H and O–H groups in total. The molecule has 7 heteroatoms. The lowest BCUT2D eigenvalue weighted by Crippen LogP contribution is -2.22. The van der Waals surface area contributed by atoms with Gasteiger partial charge in [0.1, 0.15) is 11.3 Å². The molecule has 27 heavy (non-hydrogen) atoms. The van der Waals surface area contributed by atoms with Crippen molar-refractivity contribution in [1.29, 1.82) is 0 Å². The van der Waals surface area contributed by atoms with E-state index in [4.69, 9.17) is 16.0 Å². The molecule has 2 heterocycles. The molecule has 0 radical (unpaired) electrons. The van der Waals surface area contributed by atoms with Crippen LogP contribution in [0.3, 0.4) is 0 Å². The highest BCUT2D eigenvalue weighted by Gasteiger charge is 2.20. The Kier molecular flexibility index (Phi) is 4.12. The number of aromatic nitrogens is 2. The van der Waals surface area contributed by atoms with Crippen LogP contribution in [-0.2, 0) is 7.05 Å². The summed E-state index contributed by atoms with van der Waals surface area (Å²) in [6, 6.07) is 15.9. The zero-order valence-corrected chi connectivity index (χ0v) is 15.4. The van der Waals surface area contributed by atoms with Gasteiger partial charge in [0, 0.05) is 17.5 Å². The highest BCUT2D eigenvalue weighted by atomic mass is 35.5. The minimum atomic E-state index is -0.492. The summed E-state index contributed by atoms with van der Waals surface area (Å²) >= 11 is 5.97. The molecule has 0 bridgehead atoms. The van der Waals surface area contributed by atoms with E-state index in [1.807, 2.05) is 30.3 Å². The summed E-state index contributed by atoms with van der Waals surface area (Å²) in [6.45, 7) is 1.77. The molecule has 136 valence electrons. The first-order chi connectivity index (χ1) is 13.0. The van der Waals surface area contributed by atoms with E-state index in [0.717, 1.165) is 5.39 Å². The van der Waals surface area contributed by atoms with Gasteiger partial charge in [-0.3, -0.25) is 14.3 Å². The number of hydrogen-bond donors (Lipinski definition) is 1. The molecule has 2 aromatic heterocycles. The van der Waals surface area contributed by atoms with E-state index < -0.39 is 5.91 Å². The molecule has 0 unspecified atom stereocenters. The molecule has 0 aliphatic rings. The van der Waals surface area contributed by atoms with Gasteiger partial charge in [-0.2, -0.15) is 0 Å². The minimum absolute atomic E-state index is 0.112. The first-order valence-electron chi connectivity index (χ1n) is 8.30. The first kappa shape index (κ1) is 17.2. The largest absolute Gasteiger partial charge is 0.451 e. The number of nitrogens with zero attached hydrogens (tertiary/aromatic N) is 2. The molecular weight excluding hydrogens is 366 g/mol. The van der Waals surface area contributed by atoms with Gasteiger partial charge in [0.2, 0.25) is 0 Å². The monoisotopic (exact) mass is 381 g/mol. The standard InChI is InChI=1S/C20H16ClN3O3/c1-12-18(20(26)24(23(12)2)15-6-4-3-5-7-15)22-19(25)17-11-13-10-14(21)8-9-16(13)27-17/h3-11H,1-2H3,(H,22,25). The number of carbonyl (C=O) groups is 1. The van der Waals surface area contributed by atoms with Gasteiger partial charge in [-0.25, -0.2) is 4.68 Å². The molecule has 0 aliphatic heterocycles. The number of furan rings is 1. The van der Waals surface area contributed by atoms with Crippen LogP contribution >= 0.6 is 11.6 Å². The Morgan fingerprint density at radius 1 is 1.11 bits per heavy atom. The average Bonchev–Trinajstić information content (AvgIpc) is 3.17. The van der Waals surface area contributed by atoms with Crippen molar-refractivity contribution in [2.75, 3.05) is 5.32 Å². The van der Waals surface area contributed by atoms with E-state index in [1.54, 1.807) is 42.9 Å². The quantitative estimate of drug-likeness (QED) is 0.580. The number of anilines is 1. The number of hydrogen-bond acceptors (Lipinski definition) is 3. The van der Waals surface area contributed by atoms with Crippen LogP contribution in [0.1, 0.15) is 16.2 Å². The molecule has 0 atom stereocenters. The Labute approximate surface area is 159 Å². The maximum atomic E-state index is 12.9. The molecule has 4 rings (SSSR count). The predicted molar refractivity (Wildman–Crippen MR) is 105 cm³/mol. The highest BCUT2D eigenvalue weighted by molar-refractivity contribution is 6.31.